The summed E-state index contributed by atoms with van der Waals surface area (Å²) >= 11 is 0. The fourth-order valence-electron chi connectivity index (χ4n) is 7.42. The van der Waals surface area contributed by atoms with Crippen molar-refractivity contribution in [2.75, 3.05) is 0 Å². The molecule has 1 unspecified atom stereocenters. The number of ether oxygens (including phenoxy) is 2. The lowest BCUT2D eigenvalue weighted by Crippen LogP contribution is -2.45. The van der Waals surface area contributed by atoms with E-state index < -0.39 is 22.0 Å². The average Bonchev–Trinajstić information content (AvgIpc) is 3.15. The molecule has 2 fully saturated rings. The van der Waals surface area contributed by atoms with Crippen molar-refractivity contribution in [3.05, 3.63) is 108 Å². The third kappa shape index (κ3) is 9.04. The maximum absolute atomic E-state index is 13.3. The fraction of sp³-hybridized carbons (Fsp3) is 0.556. The SMILES string of the molecule is CCC(C)(C)C(=O)OC(C)(c1ccccc1)C1CCCCC1.CCC(C)(C)C(=O)OC(c1ccccc1)(c1ccccc1)C1CCCCC1. The topological polar surface area (TPSA) is 52.6 Å². The van der Waals surface area contributed by atoms with Crippen molar-refractivity contribution in [3.63, 3.8) is 0 Å². The van der Waals surface area contributed by atoms with E-state index >= 15 is 0 Å². The Balaban J connectivity index is 0.000000226. The molecule has 0 spiro atoms. The molecule has 5 rings (SSSR count). The number of benzene rings is 3. The maximum atomic E-state index is 13.3. The Kier molecular flexibility index (Phi) is 13.3. The van der Waals surface area contributed by atoms with Gasteiger partial charge in [-0.15, -0.1) is 0 Å². The van der Waals surface area contributed by atoms with Gasteiger partial charge in [-0.05, 0) is 78.7 Å². The second-order valence-corrected chi connectivity index (χ2v) is 15.9. The van der Waals surface area contributed by atoms with E-state index in [1.807, 2.05) is 65.0 Å². The summed E-state index contributed by atoms with van der Waals surface area (Å²) in [7, 11) is 0. The molecule has 2 aliphatic carbocycles. The highest BCUT2D eigenvalue weighted by molar-refractivity contribution is 5.77. The second-order valence-electron chi connectivity index (χ2n) is 15.9. The Hall–Kier alpha value is -3.40. The summed E-state index contributed by atoms with van der Waals surface area (Å²) in [6.45, 7) is 14.1. The predicted octanol–water partition coefficient (Wildman–Crippen LogP) is 12.0. The van der Waals surface area contributed by atoms with E-state index in [1.54, 1.807) is 0 Å². The molecule has 0 amide bonds. The molecule has 0 saturated heterocycles. The van der Waals surface area contributed by atoms with E-state index in [0.717, 1.165) is 55.2 Å². The van der Waals surface area contributed by atoms with Crippen LogP contribution in [-0.2, 0) is 30.3 Å². The Morgan fingerprint density at radius 1 is 0.510 bits per heavy atom. The first-order chi connectivity index (χ1) is 23.4. The standard InChI is InChI=1S/C25H32O2.C20H30O2/c1-4-24(2,3)23(26)27-25(20-14-8-5-9-15-20,21-16-10-6-11-17-21)22-18-12-7-13-19-22;1-5-19(2,3)18(21)22-20(4,16-12-8-6-9-13-16)17-14-10-7-11-15-17/h5-6,8-11,14-17,22H,4,7,12-13,18-19H2,1-3H3;6,8-9,12-13,17H,5,7,10-11,14-15H2,1-4H3. The summed E-state index contributed by atoms with van der Waals surface area (Å²) in [5.74, 6) is 0.531. The van der Waals surface area contributed by atoms with Crippen molar-refractivity contribution in [1.29, 1.82) is 0 Å². The Morgan fingerprint density at radius 2 is 0.857 bits per heavy atom. The van der Waals surface area contributed by atoms with Crippen LogP contribution in [0.5, 0.6) is 0 Å². The van der Waals surface area contributed by atoms with E-state index in [9.17, 15) is 9.59 Å². The van der Waals surface area contributed by atoms with Crippen molar-refractivity contribution < 1.29 is 19.1 Å². The largest absolute Gasteiger partial charge is 0.454 e. The summed E-state index contributed by atoms with van der Waals surface area (Å²) in [4.78, 5) is 26.0. The summed E-state index contributed by atoms with van der Waals surface area (Å²) in [5.41, 5.74) is 1.15. The molecular weight excluding hydrogens is 604 g/mol. The van der Waals surface area contributed by atoms with Gasteiger partial charge in [-0.25, -0.2) is 0 Å². The lowest BCUT2D eigenvalue weighted by Gasteiger charge is -2.44. The zero-order valence-corrected chi connectivity index (χ0v) is 31.4. The first-order valence-corrected chi connectivity index (χ1v) is 19.0. The number of hydrogen-bond acceptors (Lipinski definition) is 4. The molecule has 2 saturated carbocycles. The Labute approximate surface area is 297 Å². The lowest BCUT2D eigenvalue weighted by atomic mass is 9.69. The maximum Gasteiger partial charge on any atom is 0.312 e. The van der Waals surface area contributed by atoms with Gasteiger partial charge in [0.25, 0.3) is 0 Å². The summed E-state index contributed by atoms with van der Waals surface area (Å²) in [5, 5.41) is 0. The van der Waals surface area contributed by atoms with Crippen LogP contribution in [0.2, 0.25) is 0 Å². The van der Waals surface area contributed by atoms with Crippen LogP contribution in [0.4, 0.5) is 0 Å². The van der Waals surface area contributed by atoms with Gasteiger partial charge in [0, 0.05) is 23.0 Å². The van der Waals surface area contributed by atoms with Gasteiger partial charge in [-0.2, -0.15) is 0 Å². The molecule has 3 aromatic rings. The molecule has 266 valence electrons. The molecule has 3 aromatic carbocycles. The van der Waals surface area contributed by atoms with Gasteiger partial charge in [0.2, 0.25) is 0 Å². The number of rotatable bonds is 11. The summed E-state index contributed by atoms with van der Waals surface area (Å²) in [6, 6.07) is 31.0. The monoisotopic (exact) mass is 666 g/mol. The molecule has 1 atom stereocenters. The zero-order valence-electron chi connectivity index (χ0n) is 31.4. The first kappa shape index (κ1) is 38.4. The van der Waals surface area contributed by atoms with Crippen LogP contribution in [0, 0.1) is 22.7 Å². The molecule has 0 radical (unpaired) electrons. The van der Waals surface area contributed by atoms with Crippen LogP contribution in [0.15, 0.2) is 91.0 Å². The van der Waals surface area contributed by atoms with Crippen LogP contribution in [-0.4, -0.2) is 11.9 Å². The average molecular weight is 667 g/mol. The molecule has 0 N–H and O–H groups in total. The van der Waals surface area contributed by atoms with Crippen molar-refractivity contribution in [1.82, 2.24) is 0 Å². The number of esters is 2. The Bertz CT molecular complexity index is 1390. The number of hydrogen-bond donors (Lipinski definition) is 0. The van der Waals surface area contributed by atoms with Crippen molar-refractivity contribution in [2.45, 2.75) is 137 Å². The predicted molar refractivity (Wildman–Crippen MR) is 201 cm³/mol. The highest BCUT2D eigenvalue weighted by Gasteiger charge is 2.48. The van der Waals surface area contributed by atoms with Gasteiger partial charge in [-0.3, -0.25) is 9.59 Å². The normalized spacial score (nSPS) is 17.6. The van der Waals surface area contributed by atoms with Crippen molar-refractivity contribution >= 4 is 11.9 Å². The molecule has 0 bridgehead atoms. The van der Waals surface area contributed by atoms with E-state index in [-0.39, 0.29) is 11.9 Å². The van der Waals surface area contributed by atoms with Crippen LogP contribution in [0.3, 0.4) is 0 Å². The molecule has 4 nitrogen and oxygen atoms in total. The third-order valence-corrected chi connectivity index (χ3v) is 11.7. The lowest BCUT2D eigenvalue weighted by molar-refractivity contribution is -0.178. The van der Waals surface area contributed by atoms with E-state index in [4.69, 9.17) is 9.47 Å². The third-order valence-electron chi connectivity index (χ3n) is 11.7. The van der Waals surface area contributed by atoms with Gasteiger partial charge < -0.3 is 9.47 Å². The van der Waals surface area contributed by atoms with Gasteiger partial charge >= 0.3 is 11.9 Å². The number of carbonyl (C=O) groups excluding carboxylic acids is 2. The van der Waals surface area contributed by atoms with Crippen molar-refractivity contribution in [3.8, 4) is 0 Å². The van der Waals surface area contributed by atoms with Crippen molar-refractivity contribution in [2.24, 2.45) is 22.7 Å². The number of carbonyl (C=O) groups is 2. The fourth-order valence-corrected chi connectivity index (χ4v) is 7.42. The summed E-state index contributed by atoms with van der Waals surface area (Å²) < 4.78 is 12.7. The van der Waals surface area contributed by atoms with E-state index in [0.29, 0.717) is 11.8 Å². The highest BCUT2D eigenvalue weighted by atomic mass is 16.6. The molecule has 0 aromatic heterocycles. The molecule has 4 heteroatoms. The molecule has 0 aliphatic heterocycles. The van der Waals surface area contributed by atoms with Gasteiger partial charge in [0.05, 0.1) is 10.8 Å². The van der Waals surface area contributed by atoms with Crippen LogP contribution in [0.25, 0.3) is 0 Å². The molecule has 49 heavy (non-hydrogen) atoms. The van der Waals surface area contributed by atoms with Gasteiger partial charge in [0.15, 0.2) is 5.60 Å². The quantitative estimate of drug-likeness (QED) is 0.191. The zero-order chi connectivity index (χ0) is 35.5. The minimum absolute atomic E-state index is 0.0769. The van der Waals surface area contributed by atoms with Gasteiger partial charge in [0.1, 0.15) is 5.60 Å². The minimum atomic E-state index is -0.716. The highest BCUT2D eigenvalue weighted by Crippen LogP contribution is 2.48. The molecule has 0 heterocycles. The van der Waals surface area contributed by atoms with Crippen LogP contribution >= 0.6 is 0 Å². The van der Waals surface area contributed by atoms with Gasteiger partial charge in [-0.1, -0.05) is 143 Å². The van der Waals surface area contributed by atoms with E-state index in [2.05, 4.69) is 74.5 Å². The van der Waals surface area contributed by atoms with Crippen LogP contribution in [0.1, 0.15) is 142 Å². The molecular formula is C45H62O4. The summed E-state index contributed by atoms with van der Waals surface area (Å²) in [6.07, 6.45) is 13.5. The van der Waals surface area contributed by atoms with E-state index in [1.165, 1.54) is 38.5 Å². The second kappa shape index (κ2) is 17.0. The first-order valence-electron chi connectivity index (χ1n) is 19.0. The van der Waals surface area contributed by atoms with Crippen LogP contribution < -0.4 is 0 Å². The molecule has 2 aliphatic rings. The Morgan fingerprint density at radius 3 is 1.24 bits per heavy atom. The smallest absolute Gasteiger partial charge is 0.312 e. The minimum Gasteiger partial charge on any atom is -0.454 e.